The van der Waals surface area contributed by atoms with E-state index in [1.54, 1.807) is 55.5 Å². The van der Waals surface area contributed by atoms with Gasteiger partial charge in [0.2, 0.25) is 70.9 Å². The van der Waals surface area contributed by atoms with Crippen molar-refractivity contribution in [3.05, 3.63) is 101 Å². The van der Waals surface area contributed by atoms with Crippen LogP contribution in [0.5, 0.6) is 5.75 Å². The van der Waals surface area contributed by atoms with Crippen molar-refractivity contribution in [3.8, 4) is 5.75 Å². The van der Waals surface area contributed by atoms with Crippen LogP contribution in [0.1, 0.15) is 81.5 Å². The van der Waals surface area contributed by atoms with E-state index in [0.717, 1.165) is 4.90 Å². The third-order valence-electron chi connectivity index (χ3n) is 17.0. The molecule has 7 rings (SSSR count). The number of nitrogens with one attached hydrogen (secondary N) is 11. The summed E-state index contributed by atoms with van der Waals surface area (Å²) in [6.45, 7) is 3.20. The number of carbonyl (C=O) groups is 12. The number of carbonyl (C=O) groups excluding carboxylic acids is 12. The molecule has 12 N–H and O–H groups in total. The lowest BCUT2D eigenvalue weighted by molar-refractivity contribution is -0.148. The number of aromatic amines is 1. The molecule has 29 nitrogen and oxygen atoms in total. The molecule has 4 bridgehead atoms. The first-order valence-corrected chi connectivity index (χ1v) is 33.2. The van der Waals surface area contributed by atoms with Crippen LogP contribution in [0.3, 0.4) is 0 Å². The van der Waals surface area contributed by atoms with Gasteiger partial charge in [0.1, 0.15) is 66.0 Å². The third-order valence-corrected chi connectivity index (χ3v) is 17.4. The highest BCUT2D eigenvalue weighted by molar-refractivity contribution is 14.1. The molecule has 96 heavy (non-hydrogen) atoms. The Bertz CT molecular complexity index is 3490. The van der Waals surface area contributed by atoms with Crippen LogP contribution in [0.15, 0.2) is 72.9 Å². The van der Waals surface area contributed by atoms with Crippen LogP contribution in [0, 0.1) is 5.82 Å². The molecule has 0 saturated carbocycles. The number of amides is 12. The summed E-state index contributed by atoms with van der Waals surface area (Å²) in [6.07, 6.45) is -2.18. The number of H-pyrrole nitrogens is 1. The molecule has 10 atom stereocenters. The van der Waals surface area contributed by atoms with Gasteiger partial charge in [0.15, 0.2) is 0 Å². The number of nitrogens with zero attached hydrogens (tertiary/aromatic N) is 2. The summed E-state index contributed by atoms with van der Waals surface area (Å²) in [5, 5.41) is 37.9. The highest BCUT2D eigenvalue weighted by Gasteiger charge is 2.49. The predicted molar refractivity (Wildman–Crippen MR) is 354 cm³/mol. The zero-order valence-electron chi connectivity index (χ0n) is 54.4. The largest absolute Gasteiger partial charge is 0.497 e. The average molecular weight is 1450 g/mol. The fourth-order valence-corrected chi connectivity index (χ4v) is 12.0. The Labute approximate surface area is 567 Å². The highest BCUT2D eigenvalue weighted by atomic mass is 127. The molecule has 2 saturated heterocycles. The quantitative estimate of drug-likeness (QED) is 0.0191. The molecule has 520 valence electrons. The number of hydrogen-bond acceptors (Lipinski definition) is 16. The van der Waals surface area contributed by atoms with Crippen molar-refractivity contribution < 1.29 is 81.2 Å². The van der Waals surface area contributed by atoms with Crippen molar-refractivity contribution in [1.82, 2.24) is 68.0 Å². The minimum absolute atomic E-state index is 0.0316. The maximum Gasteiger partial charge on any atom is 0.246 e. The van der Waals surface area contributed by atoms with Crippen LogP contribution in [-0.2, 0) is 92.8 Å². The van der Waals surface area contributed by atoms with Gasteiger partial charge in [-0.25, -0.2) is 4.39 Å². The molecule has 0 aliphatic carbocycles. The molecule has 31 heteroatoms. The Balaban J connectivity index is 1.23. The van der Waals surface area contributed by atoms with E-state index in [-0.39, 0.29) is 71.2 Å². The molecular formula is C65H85FIN13O16. The number of halogens is 2. The first-order valence-electron chi connectivity index (χ1n) is 31.7. The molecule has 3 aliphatic rings. The second kappa shape index (κ2) is 35.3. The van der Waals surface area contributed by atoms with Crippen LogP contribution in [-0.4, -0.2) is 216 Å². The smallest absolute Gasteiger partial charge is 0.246 e. The lowest BCUT2D eigenvalue weighted by Crippen LogP contribution is -2.64. The number of hydrogen-bond donors (Lipinski definition) is 12. The van der Waals surface area contributed by atoms with Gasteiger partial charge in [-0.1, -0.05) is 59.0 Å². The molecule has 4 heterocycles. The van der Waals surface area contributed by atoms with Gasteiger partial charge in [-0.05, 0) is 92.6 Å². The Morgan fingerprint density at radius 3 is 2.27 bits per heavy atom. The van der Waals surface area contributed by atoms with Crippen molar-refractivity contribution >= 4 is 104 Å². The Hall–Kier alpha value is -8.82. The number of likely N-dealkylation sites (tertiary alicyclic amines) is 1. The van der Waals surface area contributed by atoms with Crippen LogP contribution in [0.4, 0.5) is 4.39 Å². The molecule has 4 aromatic rings. The molecule has 12 amide bonds. The van der Waals surface area contributed by atoms with E-state index < -0.39 is 150 Å². The normalized spacial score (nSPS) is 20.6. The molecule has 2 fully saturated rings. The number of aromatic nitrogens is 1. The van der Waals surface area contributed by atoms with E-state index in [1.165, 1.54) is 64.3 Å². The summed E-state index contributed by atoms with van der Waals surface area (Å²) in [7, 11) is 4.32. The number of likely N-dealkylation sites (N-methyl/N-ethyl adjacent to an activating group) is 1. The fourth-order valence-electron chi connectivity index (χ4n) is 11.7. The van der Waals surface area contributed by atoms with Crippen LogP contribution >= 0.6 is 22.6 Å². The second-order valence-corrected chi connectivity index (χ2v) is 25.0. The minimum Gasteiger partial charge on any atom is -0.497 e. The number of alkyl halides is 1. The minimum atomic E-state index is -1.84. The standard InChI is InChI=1S/C65H85FIN13O16/c1-36(73-53(84)18-17-51(82)68-4)57(86)77-49(34-72-52(83)20-25-95-26-22-67)59(88)74-46-29-39-9-7-10-40(27-39)32-71-54(85)35-96-50-19-24-79(62(91)48(75-58(46)87)30-41-33-70-45-16-13-42(66)31-44(41)45)56(50)61(90)78-55(37(2)81)60(89)76-47(28-38-11-14-43(94-6)15-12-38)63(92)80-23-8-21-65(80,3)64(93)69-5/h7,9-16,27,31,33,36-37,46-50,55-56,70,81H,8,17-26,28-30,32,34-35H2,1-6H3,(H,68,82)(H,69,93)(H,71,85)(H,72,83)(H,73,84)(H,74,88)(H,75,87)(H,76,89)(H,77,86)(H,78,90)/t36-,37+,46-,47-,48-,49+,50-,55-,56-,65-/m0/s1. The summed E-state index contributed by atoms with van der Waals surface area (Å²) >= 11 is 2.10. The number of aliphatic hydroxyl groups is 1. The van der Waals surface area contributed by atoms with Gasteiger partial charge in [-0.15, -0.1) is 0 Å². The maximum absolute atomic E-state index is 15.7. The van der Waals surface area contributed by atoms with Gasteiger partial charge in [0.25, 0.3) is 0 Å². The molecule has 1 aromatic heterocycles. The Kier molecular flexibility index (Phi) is 27.4. The number of benzene rings is 3. The molecular weight excluding hydrogens is 1360 g/mol. The first-order chi connectivity index (χ1) is 45.9. The lowest BCUT2D eigenvalue weighted by Gasteiger charge is -2.36. The Morgan fingerprint density at radius 2 is 1.56 bits per heavy atom. The zero-order valence-corrected chi connectivity index (χ0v) is 56.5. The molecule has 3 aromatic carbocycles. The van der Waals surface area contributed by atoms with E-state index in [2.05, 4.69) is 80.7 Å². The van der Waals surface area contributed by atoms with Crippen molar-refractivity contribution in [3.63, 3.8) is 0 Å². The summed E-state index contributed by atoms with van der Waals surface area (Å²) < 4.78 is 32.6. The number of aliphatic hydroxyl groups excluding tert-OH is 1. The maximum atomic E-state index is 15.7. The Morgan fingerprint density at radius 1 is 0.833 bits per heavy atom. The van der Waals surface area contributed by atoms with Crippen LogP contribution in [0.25, 0.3) is 10.9 Å². The van der Waals surface area contributed by atoms with E-state index >= 15 is 18.8 Å². The van der Waals surface area contributed by atoms with E-state index in [4.69, 9.17) is 14.2 Å². The fraction of sp³-hybridized carbons (Fsp3) is 0.508. The zero-order chi connectivity index (χ0) is 69.8. The third kappa shape index (κ3) is 20.1. The predicted octanol–water partition coefficient (Wildman–Crippen LogP) is -1.12. The van der Waals surface area contributed by atoms with E-state index in [9.17, 15) is 48.3 Å². The van der Waals surface area contributed by atoms with Crippen molar-refractivity contribution in [1.29, 1.82) is 0 Å². The van der Waals surface area contributed by atoms with E-state index in [0.29, 0.717) is 62.8 Å². The number of rotatable bonds is 27. The van der Waals surface area contributed by atoms with Crippen LogP contribution < -0.4 is 57.9 Å². The van der Waals surface area contributed by atoms with Gasteiger partial charge in [0.05, 0.1) is 32.5 Å². The summed E-state index contributed by atoms with van der Waals surface area (Å²) in [5.74, 6) is -9.41. The number of methoxy groups -OCH3 is 1. The van der Waals surface area contributed by atoms with Gasteiger partial charge < -0.3 is 87.3 Å². The number of ether oxygens (including phenoxy) is 3. The first kappa shape index (κ1) is 74.6. The van der Waals surface area contributed by atoms with Gasteiger partial charge >= 0.3 is 0 Å². The topological polar surface area (TPSA) is 395 Å². The van der Waals surface area contributed by atoms with Gasteiger partial charge in [-0.3, -0.25) is 57.5 Å². The molecule has 3 aliphatic heterocycles. The molecule has 0 spiro atoms. The molecule has 0 radical (unpaired) electrons. The van der Waals surface area contributed by atoms with Crippen LogP contribution in [0.2, 0.25) is 0 Å². The van der Waals surface area contributed by atoms with Crippen molar-refractivity contribution in [2.24, 2.45) is 0 Å². The van der Waals surface area contributed by atoms with Gasteiger partial charge in [0, 0.05) is 100 Å². The van der Waals surface area contributed by atoms with E-state index in [1.807, 2.05) is 0 Å². The van der Waals surface area contributed by atoms with Crippen molar-refractivity contribution in [2.45, 2.75) is 145 Å². The lowest BCUT2D eigenvalue weighted by atomic mass is 9.96. The average Bonchev–Trinajstić information content (AvgIpc) is 1.60. The van der Waals surface area contributed by atoms with Crippen molar-refractivity contribution in [2.75, 3.05) is 65.1 Å². The monoisotopic (exact) mass is 1450 g/mol. The SMILES string of the molecule is CNC(=O)CCC(=O)N[C@@H](C)C(=O)N[C@H](CNC(=O)CCOCCI)C(=O)N[C@H]1Cc2cccc(c2)CNC(=O)CO[C@H]2CCN(C(=O)[C@H](Cc3c[nH]c4ccc(F)cc34)NC1=O)[C@@H]2C(=O)N[C@H](C(=O)N[C@@H](Cc1ccc(OC)cc1)C(=O)N1CCC[C@@]1(C)C(=O)NC)[C@@H](C)O. The highest BCUT2D eigenvalue weighted by Crippen LogP contribution is 2.31. The molecule has 0 unspecified atom stereocenters. The summed E-state index contributed by atoms with van der Waals surface area (Å²) in [4.78, 5) is 175. The number of fused-ring (bicyclic) bond motifs is 5. The summed E-state index contributed by atoms with van der Waals surface area (Å²) in [6, 6.07) is 6.03. The second-order valence-electron chi connectivity index (χ2n) is 23.9. The summed E-state index contributed by atoms with van der Waals surface area (Å²) in [5.41, 5.74) is 1.000. The van der Waals surface area contributed by atoms with Gasteiger partial charge in [-0.2, -0.15) is 0 Å².